The summed E-state index contributed by atoms with van der Waals surface area (Å²) in [6.07, 6.45) is 17.1. The zero-order chi connectivity index (χ0) is 15.1. The molecule has 0 fully saturated rings. The second-order valence-electron chi connectivity index (χ2n) is 4.84. The van der Waals surface area contributed by atoms with Crippen LogP contribution in [0.2, 0.25) is 0 Å². The minimum absolute atomic E-state index is 0. The second-order valence-corrected chi connectivity index (χ2v) is 4.84. The predicted molar refractivity (Wildman–Crippen MR) is 83.3 cm³/mol. The predicted octanol–water partition coefficient (Wildman–Crippen LogP) is 1.71. The Kier molecular flexibility index (Phi) is 7.37. The molecule has 2 rings (SSSR count). The Morgan fingerprint density at radius 2 is 1.41 bits per heavy atom. The molecular weight excluding hydrogens is 328 g/mol. The number of nitrogens with one attached hydrogen (secondary N) is 2. The van der Waals surface area contributed by atoms with Gasteiger partial charge in [-0.05, 0) is 31.2 Å². The van der Waals surface area contributed by atoms with E-state index in [4.69, 9.17) is 0 Å². The summed E-state index contributed by atoms with van der Waals surface area (Å²) in [6, 6.07) is 0.125. The van der Waals surface area contributed by atoms with Gasteiger partial charge in [0.15, 0.2) is 11.6 Å². The molecule has 1 unspecified atom stereocenters. The van der Waals surface area contributed by atoms with E-state index in [2.05, 4.69) is 10.6 Å². The summed E-state index contributed by atoms with van der Waals surface area (Å²) in [5, 5.41) is 6.26. The SMILES string of the molecule is CC(CN/C=C1/C=CC=CC1=O)N/C=C1/C=CC=CC1=O.[Cu]. The van der Waals surface area contributed by atoms with Crippen LogP contribution in [0.1, 0.15) is 6.92 Å². The summed E-state index contributed by atoms with van der Waals surface area (Å²) in [5.41, 5.74) is 1.27. The molecule has 0 aliphatic heterocycles. The van der Waals surface area contributed by atoms with E-state index < -0.39 is 0 Å². The number of hydrogen-bond donors (Lipinski definition) is 2. The molecule has 0 bridgehead atoms. The van der Waals surface area contributed by atoms with Gasteiger partial charge in [-0.3, -0.25) is 9.59 Å². The first-order valence-corrected chi connectivity index (χ1v) is 6.85. The van der Waals surface area contributed by atoms with E-state index in [0.29, 0.717) is 17.7 Å². The van der Waals surface area contributed by atoms with Gasteiger partial charge < -0.3 is 10.6 Å². The van der Waals surface area contributed by atoms with Gasteiger partial charge in [0.25, 0.3) is 0 Å². The molecule has 0 aromatic heterocycles. The summed E-state index contributed by atoms with van der Waals surface area (Å²) in [7, 11) is 0. The molecule has 1 atom stereocenters. The van der Waals surface area contributed by atoms with Crippen molar-refractivity contribution < 1.29 is 26.7 Å². The first kappa shape index (κ1) is 17.9. The minimum atomic E-state index is -0.00277. The van der Waals surface area contributed by atoms with Gasteiger partial charge in [0, 0.05) is 53.2 Å². The van der Waals surface area contributed by atoms with E-state index in [9.17, 15) is 9.59 Å². The second kappa shape index (κ2) is 9.03. The average molecular weight is 346 g/mol. The van der Waals surface area contributed by atoms with Crippen LogP contribution in [0.15, 0.2) is 72.2 Å². The number of rotatable bonds is 5. The third-order valence-corrected chi connectivity index (χ3v) is 3.04. The van der Waals surface area contributed by atoms with Crippen LogP contribution in [-0.4, -0.2) is 24.2 Å². The standard InChI is InChI=1S/C17H18N2O2.Cu/c1-13(19-12-15-7-3-5-9-17(15)21)10-18-11-14-6-2-4-8-16(14)20;/h2-9,11-13,18-19H,10H2,1H3;/b14-11-,15-12-;. The van der Waals surface area contributed by atoms with Crippen LogP contribution in [0.4, 0.5) is 0 Å². The van der Waals surface area contributed by atoms with Crippen molar-refractivity contribution >= 4 is 11.6 Å². The Morgan fingerprint density at radius 3 is 1.95 bits per heavy atom. The molecule has 5 heteroatoms. The van der Waals surface area contributed by atoms with E-state index in [1.807, 2.05) is 19.1 Å². The van der Waals surface area contributed by atoms with Crippen LogP contribution in [-0.2, 0) is 26.7 Å². The molecule has 4 nitrogen and oxygen atoms in total. The molecular formula is C17H18CuN2O2. The normalized spacial score (nSPS) is 21.1. The monoisotopic (exact) mass is 345 g/mol. The topological polar surface area (TPSA) is 58.2 Å². The summed E-state index contributed by atoms with van der Waals surface area (Å²) >= 11 is 0. The Balaban J connectivity index is 0.00000242. The Morgan fingerprint density at radius 1 is 0.909 bits per heavy atom. The van der Waals surface area contributed by atoms with E-state index in [1.54, 1.807) is 36.7 Å². The summed E-state index contributed by atoms with van der Waals surface area (Å²) in [4.78, 5) is 23.1. The van der Waals surface area contributed by atoms with Crippen LogP contribution in [0.3, 0.4) is 0 Å². The number of hydrogen-bond acceptors (Lipinski definition) is 4. The maximum absolute atomic E-state index is 11.5. The molecule has 1 radical (unpaired) electrons. The van der Waals surface area contributed by atoms with Crippen LogP contribution in [0.25, 0.3) is 0 Å². The Labute approximate surface area is 140 Å². The molecule has 0 saturated heterocycles. The van der Waals surface area contributed by atoms with E-state index in [-0.39, 0.29) is 34.7 Å². The van der Waals surface area contributed by atoms with E-state index >= 15 is 0 Å². The fourth-order valence-electron chi connectivity index (χ4n) is 1.84. The third kappa shape index (κ3) is 5.35. The largest absolute Gasteiger partial charge is 0.388 e. The van der Waals surface area contributed by atoms with E-state index in [1.165, 1.54) is 12.2 Å². The van der Waals surface area contributed by atoms with Gasteiger partial charge in [-0.2, -0.15) is 0 Å². The van der Waals surface area contributed by atoms with Gasteiger partial charge in [0.1, 0.15) is 0 Å². The zero-order valence-corrected chi connectivity index (χ0v) is 13.1. The number of carbonyl (C=O) groups excluding carboxylic acids is 2. The molecule has 0 heterocycles. The molecule has 0 aromatic rings. The van der Waals surface area contributed by atoms with Gasteiger partial charge in [0.2, 0.25) is 0 Å². The van der Waals surface area contributed by atoms with Crippen molar-refractivity contribution in [3.8, 4) is 0 Å². The van der Waals surface area contributed by atoms with Crippen molar-refractivity contribution in [2.75, 3.05) is 6.54 Å². The van der Waals surface area contributed by atoms with E-state index in [0.717, 1.165) is 0 Å². The molecule has 0 amide bonds. The van der Waals surface area contributed by atoms with Crippen molar-refractivity contribution in [2.45, 2.75) is 13.0 Å². The fourth-order valence-corrected chi connectivity index (χ4v) is 1.84. The number of allylic oxidation sites excluding steroid dienone is 10. The molecule has 0 aromatic carbocycles. The van der Waals surface area contributed by atoms with Crippen molar-refractivity contribution in [1.82, 2.24) is 10.6 Å². The molecule has 22 heavy (non-hydrogen) atoms. The first-order valence-electron chi connectivity index (χ1n) is 6.85. The summed E-state index contributed by atoms with van der Waals surface area (Å²) in [5.74, 6) is -0.00513. The van der Waals surface area contributed by atoms with Crippen molar-refractivity contribution in [1.29, 1.82) is 0 Å². The smallest absolute Gasteiger partial charge is 0.187 e. The molecule has 2 aliphatic rings. The average Bonchev–Trinajstić information content (AvgIpc) is 2.48. The van der Waals surface area contributed by atoms with Crippen molar-refractivity contribution in [3.63, 3.8) is 0 Å². The van der Waals surface area contributed by atoms with Crippen LogP contribution >= 0.6 is 0 Å². The van der Waals surface area contributed by atoms with Gasteiger partial charge >= 0.3 is 0 Å². The summed E-state index contributed by atoms with van der Waals surface area (Å²) in [6.45, 7) is 2.64. The van der Waals surface area contributed by atoms with Gasteiger partial charge in [-0.15, -0.1) is 0 Å². The molecule has 0 spiro atoms. The van der Waals surface area contributed by atoms with Crippen molar-refractivity contribution in [2.24, 2.45) is 0 Å². The third-order valence-electron chi connectivity index (χ3n) is 3.04. The van der Waals surface area contributed by atoms with Gasteiger partial charge in [-0.25, -0.2) is 0 Å². The summed E-state index contributed by atoms with van der Waals surface area (Å²) < 4.78 is 0. The maximum Gasteiger partial charge on any atom is 0.187 e. The van der Waals surface area contributed by atoms with Crippen LogP contribution in [0.5, 0.6) is 0 Å². The fraction of sp³-hybridized carbons (Fsp3) is 0.176. The number of carbonyl (C=O) groups is 2. The maximum atomic E-state index is 11.5. The Bertz CT molecular complexity index is 610. The first-order chi connectivity index (χ1) is 10.2. The zero-order valence-electron chi connectivity index (χ0n) is 12.2. The molecule has 119 valence electrons. The number of ketones is 2. The Hall–Kier alpha value is -2.10. The van der Waals surface area contributed by atoms with Crippen LogP contribution < -0.4 is 10.6 Å². The van der Waals surface area contributed by atoms with Crippen molar-refractivity contribution in [3.05, 3.63) is 72.2 Å². The molecule has 2 N–H and O–H groups in total. The van der Waals surface area contributed by atoms with Gasteiger partial charge in [-0.1, -0.05) is 24.3 Å². The minimum Gasteiger partial charge on any atom is -0.388 e. The quantitative estimate of drug-likeness (QED) is 0.588. The molecule has 2 aliphatic carbocycles. The van der Waals surface area contributed by atoms with Crippen LogP contribution in [0, 0.1) is 0 Å². The molecule has 0 saturated carbocycles. The van der Waals surface area contributed by atoms with Gasteiger partial charge in [0.05, 0.1) is 0 Å².